The summed E-state index contributed by atoms with van der Waals surface area (Å²) in [5.74, 6) is 0. The van der Waals surface area contributed by atoms with Gasteiger partial charge in [-0.15, -0.1) is 5.10 Å². The first kappa shape index (κ1) is 11.5. The summed E-state index contributed by atoms with van der Waals surface area (Å²) in [6.45, 7) is 2.07. The van der Waals surface area contributed by atoms with Gasteiger partial charge in [0.05, 0.1) is 18.4 Å². The minimum atomic E-state index is 0.0894. The normalized spacial score (nSPS) is 13.0. The molecule has 0 aliphatic carbocycles. The van der Waals surface area contributed by atoms with Gasteiger partial charge in [-0.2, -0.15) is 0 Å². The van der Waals surface area contributed by atoms with Crippen LogP contribution in [0.4, 0.5) is 0 Å². The molecule has 1 aromatic heterocycles. The summed E-state index contributed by atoms with van der Waals surface area (Å²) in [7, 11) is 3.34. The highest BCUT2D eigenvalue weighted by molar-refractivity contribution is 7.03. The second kappa shape index (κ2) is 6.83. The molecule has 0 saturated carbocycles. The van der Waals surface area contributed by atoms with Gasteiger partial charge in [0.1, 0.15) is 0 Å². The van der Waals surface area contributed by atoms with Gasteiger partial charge in [-0.25, -0.2) is 0 Å². The summed E-state index contributed by atoms with van der Waals surface area (Å²) in [5, 5.41) is 9.06. The second-order valence-electron chi connectivity index (χ2n) is 2.84. The number of methoxy groups -OCH3 is 2. The molecule has 1 rings (SSSR count). The van der Waals surface area contributed by atoms with Crippen LogP contribution < -0.4 is 5.32 Å². The van der Waals surface area contributed by atoms with E-state index in [0.717, 1.165) is 18.8 Å². The monoisotopic (exact) mass is 217 g/mol. The van der Waals surface area contributed by atoms with Crippen molar-refractivity contribution in [3.05, 3.63) is 11.1 Å². The van der Waals surface area contributed by atoms with Gasteiger partial charge in [0.25, 0.3) is 0 Å². The van der Waals surface area contributed by atoms with E-state index in [9.17, 15) is 0 Å². The van der Waals surface area contributed by atoms with Crippen molar-refractivity contribution in [2.75, 3.05) is 27.4 Å². The summed E-state index contributed by atoms with van der Waals surface area (Å²) in [6.07, 6.45) is 0.0894. The molecule has 0 bridgehead atoms. The van der Waals surface area contributed by atoms with Crippen LogP contribution in [0.1, 0.15) is 5.69 Å². The Hall–Kier alpha value is -0.560. The van der Waals surface area contributed by atoms with Crippen molar-refractivity contribution in [1.29, 1.82) is 0 Å². The van der Waals surface area contributed by atoms with E-state index in [4.69, 9.17) is 9.47 Å². The Kier molecular flexibility index (Phi) is 5.62. The highest BCUT2D eigenvalue weighted by Gasteiger charge is 2.05. The number of hydrogen-bond acceptors (Lipinski definition) is 6. The van der Waals surface area contributed by atoms with Gasteiger partial charge < -0.3 is 14.8 Å². The Labute approximate surface area is 87.6 Å². The fraction of sp³-hybridized carbons (Fsp3) is 0.750. The van der Waals surface area contributed by atoms with Gasteiger partial charge in [-0.3, -0.25) is 0 Å². The Morgan fingerprint density at radius 3 is 3.00 bits per heavy atom. The number of nitrogens with one attached hydrogen (secondary N) is 1. The van der Waals surface area contributed by atoms with Crippen LogP contribution in [0, 0.1) is 0 Å². The lowest BCUT2D eigenvalue weighted by Crippen LogP contribution is -2.31. The summed E-state index contributed by atoms with van der Waals surface area (Å²) < 4.78 is 14.0. The van der Waals surface area contributed by atoms with Gasteiger partial charge in [-0.05, 0) is 11.5 Å². The van der Waals surface area contributed by atoms with E-state index < -0.39 is 0 Å². The van der Waals surface area contributed by atoms with Crippen LogP contribution in [0.5, 0.6) is 0 Å². The van der Waals surface area contributed by atoms with E-state index >= 15 is 0 Å². The second-order valence-corrected chi connectivity index (χ2v) is 3.45. The molecule has 14 heavy (non-hydrogen) atoms. The third-order valence-electron chi connectivity index (χ3n) is 1.77. The number of hydrogen-bond donors (Lipinski definition) is 1. The molecule has 6 heteroatoms. The van der Waals surface area contributed by atoms with E-state index in [2.05, 4.69) is 14.9 Å². The summed E-state index contributed by atoms with van der Waals surface area (Å²) in [6, 6.07) is 0. The van der Waals surface area contributed by atoms with Gasteiger partial charge >= 0.3 is 0 Å². The average molecular weight is 217 g/mol. The molecule has 0 aliphatic heterocycles. The van der Waals surface area contributed by atoms with Crippen LogP contribution in [-0.2, 0) is 16.0 Å². The first-order valence-corrected chi connectivity index (χ1v) is 5.19. The third kappa shape index (κ3) is 4.10. The molecule has 1 atom stereocenters. The summed E-state index contributed by atoms with van der Waals surface area (Å²) in [5.41, 5.74) is 0.960. The molecule has 0 aromatic carbocycles. The lowest BCUT2D eigenvalue weighted by Gasteiger charge is -2.14. The highest BCUT2D eigenvalue weighted by Crippen LogP contribution is 1.96. The largest absolute Gasteiger partial charge is 0.382 e. The Morgan fingerprint density at radius 1 is 1.57 bits per heavy atom. The molecule has 1 N–H and O–H groups in total. The number of aromatic nitrogens is 2. The first-order valence-electron chi connectivity index (χ1n) is 4.35. The van der Waals surface area contributed by atoms with E-state index in [1.165, 1.54) is 11.5 Å². The maximum atomic E-state index is 5.19. The Bertz CT molecular complexity index is 231. The summed E-state index contributed by atoms with van der Waals surface area (Å²) >= 11 is 1.36. The smallest absolute Gasteiger partial charge is 0.0928 e. The van der Waals surface area contributed by atoms with Gasteiger partial charge in [0.15, 0.2) is 0 Å². The SMILES string of the molecule is COCC(CNCc1csnn1)OC. The molecule has 1 unspecified atom stereocenters. The topological polar surface area (TPSA) is 56.3 Å². The molecule has 1 heterocycles. The van der Waals surface area contributed by atoms with Crippen LogP contribution in [0.25, 0.3) is 0 Å². The minimum Gasteiger partial charge on any atom is -0.382 e. The van der Waals surface area contributed by atoms with Crippen LogP contribution >= 0.6 is 11.5 Å². The number of nitrogens with zero attached hydrogens (tertiary/aromatic N) is 2. The van der Waals surface area contributed by atoms with Gasteiger partial charge in [0, 0.05) is 32.7 Å². The van der Waals surface area contributed by atoms with E-state index in [1.54, 1.807) is 14.2 Å². The van der Waals surface area contributed by atoms with E-state index in [-0.39, 0.29) is 6.10 Å². The summed E-state index contributed by atoms with van der Waals surface area (Å²) in [4.78, 5) is 0. The predicted molar refractivity (Wildman–Crippen MR) is 54.3 cm³/mol. The predicted octanol–water partition coefficient (Wildman–Crippen LogP) is 0.289. The van der Waals surface area contributed by atoms with Gasteiger partial charge in [0.2, 0.25) is 0 Å². The van der Waals surface area contributed by atoms with E-state index in [0.29, 0.717) is 6.61 Å². The van der Waals surface area contributed by atoms with E-state index in [1.807, 2.05) is 5.38 Å². The molecule has 0 amide bonds. The van der Waals surface area contributed by atoms with Crippen molar-refractivity contribution < 1.29 is 9.47 Å². The van der Waals surface area contributed by atoms with Crippen molar-refractivity contribution >= 4 is 11.5 Å². The lowest BCUT2D eigenvalue weighted by atomic mass is 10.3. The van der Waals surface area contributed by atoms with Crippen molar-refractivity contribution in [2.45, 2.75) is 12.6 Å². The number of ether oxygens (including phenoxy) is 2. The zero-order valence-electron chi connectivity index (χ0n) is 8.40. The molecule has 5 nitrogen and oxygen atoms in total. The maximum absolute atomic E-state index is 5.19. The molecule has 80 valence electrons. The first-order chi connectivity index (χ1) is 6.86. The third-order valence-corrected chi connectivity index (χ3v) is 2.32. The fourth-order valence-corrected chi connectivity index (χ4v) is 1.47. The molecule has 0 spiro atoms. The lowest BCUT2D eigenvalue weighted by molar-refractivity contribution is 0.0287. The quantitative estimate of drug-likeness (QED) is 0.711. The van der Waals surface area contributed by atoms with Crippen LogP contribution in [0.2, 0.25) is 0 Å². The molecule has 1 aromatic rings. The molecule has 0 saturated heterocycles. The van der Waals surface area contributed by atoms with Crippen LogP contribution in [-0.4, -0.2) is 43.1 Å². The van der Waals surface area contributed by atoms with Crippen LogP contribution in [0.15, 0.2) is 5.38 Å². The maximum Gasteiger partial charge on any atom is 0.0928 e. The fourth-order valence-electron chi connectivity index (χ4n) is 1.02. The van der Waals surface area contributed by atoms with Crippen molar-refractivity contribution in [3.63, 3.8) is 0 Å². The minimum absolute atomic E-state index is 0.0894. The van der Waals surface area contributed by atoms with Gasteiger partial charge in [-0.1, -0.05) is 4.49 Å². The molecule has 0 aliphatic rings. The van der Waals surface area contributed by atoms with Crippen molar-refractivity contribution in [2.24, 2.45) is 0 Å². The highest BCUT2D eigenvalue weighted by atomic mass is 32.1. The average Bonchev–Trinajstić information content (AvgIpc) is 2.69. The Morgan fingerprint density at radius 2 is 2.43 bits per heavy atom. The molecule has 0 radical (unpaired) electrons. The molecular formula is C8H15N3O2S. The number of rotatable bonds is 7. The van der Waals surface area contributed by atoms with Crippen LogP contribution in [0.3, 0.4) is 0 Å². The Balaban J connectivity index is 2.13. The zero-order chi connectivity index (χ0) is 10.2. The van der Waals surface area contributed by atoms with Crippen molar-refractivity contribution in [1.82, 2.24) is 14.9 Å². The molecule has 0 fully saturated rings. The molecular weight excluding hydrogens is 202 g/mol. The zero-order valence-corrected chi connectivity index (χ0v) is 9.21. The van der Waals surface area contributed by atoms with Crippen molar-refractivity contribution in [3.8, 4) is 0 Å². The standard InChI is InChI=1S/C8H15N3O2S/c1-12-5-8(13-2)4-9-3-7-6-14-11-10-7/h6,8-9H,3-5H2,1-2H3.